The maximum atomic E-state index is 11.8. The van der Waals surface area contributed by atoms with Gasteiger partial charge in [-0.3, -0.25) is 9.79 Å². The van der Waals surface area contributed by atoms with E-state index < -0.39 is 0 Å². The number of hydrogen-bond donors (Lipinski definition) is 2. The second kappa shape index (κ2) is 6.93. The van der Waals surface area contributed by atoms with Crippen LogP contribution in [0.15, 0.2) is 23.2 Å². The molecule has 5 nitrogen and oxygen atoms in total. The predicted molar refractivity (Wildman–Crippen MR) is 83.5 cm³/mol. The number of methoxy groups -OCH3 is 1. The van der Waals surface area contributed by atoms with E-state index in [-0.39, 0.29) is 17.9 Å². The van der Waals surface area contributed by atoms with Crippen LogP contribution in [-0.2, 0) is 4.79 Å². The Bertz CT molecular complexity index is 490. The minimum Gasteiger partial charge on any atom is -0.494 e. The standard InChI is InChI=1S/C15H23N3O2/c1-15(2,3)7-8-17-10-14(19)18-12-6-5-11(16)9-13(12)20-4/h5-6,8-9H,7,10,16H2,1-4H3,(H,18,19)/b17-8+. The van der Waals surface area contributed by atoms with E-state index in [9.17, 15) is 4.79 Å². The van der Waals surface area contributed by atoms with E-state index in [0.29, 0.717) is 17.1 Å². The van der Waals surface area contributed by atoms with Gasteiger partial charge in [-0.05, 0) is 30.2 Å². The van der Waals surface area contributed by atoms with Gasteiger partial charge in [0, 0.05) is 11.8 Å². The van der Waals surface area contributed by atoms with Crippen LogP contribution < -0.4 is 15.8 Å². The van der Waals surface area contributed by atoms with Crippen molar-refractivity contribution in [2.75, 3.05) is 24.7 Å². The quantitative estimate of drug-likeness (QED) is 0.641. The molecule has 0 unspecified atom stereocenters. The van der Waals surface area contributed by atoms with Gasteiger partial charge in [0.25, 0.3) is 0 Å². The number of carbonyl (C=O) groups excluding carboxylic acids is 1. The summed E-state index contributed by atoms with van der Waals surface area (Å²) >= 11 is 0. The fourth-order valence-electron chi connectivity index (χ4n) is 1.49. The van der Waals surface area contributed by atoms with Crippen LogP contribution >= 0.6 is 0 Å². The highest BCUT2D eigenvalue weighted by atomic mass is 16.5. The maximum absolute atomic E-state index is 11.8. The Hall–Kier alpha value is -2.04. The topological polar surface area (TPSA) is 76.7 Å². The highest BCUT2D eigenvalue weighted by Gasteiger charge is 2.09. The van der Waals surface area contributed by atoms with Crippen molar-refractivity contribution in [2.45, 2.75) is 27.2 Å². The number of rotatable bonds is 5. The molecule has 1 rings (SSSR count). The van der Waals surface area contributed by atoms with Gasteiger partial charge in [0.2, 0.25) is 5.91 Å². The molecule has 0 aliphatic rings. The molecule has 110 valence electrons. The molecule has 0 spiro atoms. The van der Waals surface area contributed by atoms with E-state index in [1.807, 2.05) is 0 Å². The first-order chi connectivity index (χ1) is 9.31. The second-order valence-electron chi connectivity index (χ2n) is 5.80. The number of aliphatic imine (C=N–C) groups is 1. The molecule has 0 saturated heterocycles. The van der Waals surface area contributed by atoms with Crippen LogP contribution in [0.25, 0.3) is 0 Å². The summed E-state index contributed by atoms with van der Waals surface area (Å²) in [4.78, 5) is 15.9. The Morgan fingerprint density at radius 3 is 2.75 bits per heavy atom. The lowest BCUT2D eigenvalue weighted by atomic mass is 9.93. The minimum atomic E-state index is -0.182. The molecular weight excluding hydrogens is 254 g/mol. The number of amides is 1. The molecule has 0 aliphatic heterocycles. The van der Waals surface area contributed by atoms with Gasteiger partial charge in [0.15, 0.2) is 0 Å². The van der Waals surface area contributed by atoms with Gasteiger partial charge in [-0.1, -0.05) is 20.8 Å². The first kappa shape index (κ1) is 16.0. The summed E-state index contributed by atoms with van der Waals surface area (Å²) in [6, 6.07) is 5.09. The van der Waals surface area contributed by atoms with Gasteiger partial charge in [-0.2, -0.15) is 0 Å². The molecule has 3 N–H and O–H groups in total. The van der Waals surface area contributed by atoms with Crippen molar-refractivity contribution < 1.29 is 9.53 Å². The summed E-state index contributed by atoms with van der Waals surface area (Å²) in [5, 5.41) is 2.75. The van der Waals surface area contributed by atoms with Crippen molar-refractivity contribution in [1.82, 2.24) is 0 Å². The number of benzene rings is 1. The van der Waals surface area contributed by atoms with Crippen molar-refractivity contribution >= 4 is 23.5 Å². The molecule has 0 saturated carbocycles. The molecule has 1 aromatic rings. The van der Waals surface area contributed by atoms with E-state index in [1.165, 1.54) is 7.11 Å². The van der Waals surface area contributed by atoms with E-state index in [0.717, 1.165) is 6.42 Å². The first-order valence-electron chi connectivity index (χ1n) is 6.53. The van der Waals surface area contributed by atoms with Crippen molar-refractivity contribution in [1.29, 1.82) is 0 Å². The third-order valence-corrected chi connectivity index (χ3v) is 2.57. The summed E-state index contributed by atoms with van der Waals surface area (Å²) in [6.07, 6.45) is 2.63. The Kier molecular flexibility index (Phi) is 5.55. The molecule has 0 heterocycles. The molecule has 0 atom stereocenters. The molecule has 0 bridgehead atoms. The number of nitrogens with one attached hydrogen (secondary N) is 1. The molecule has 1 aromatic carbocycles. The first-order valence-corrected chi connectivity index (χ1v) is 6.53. The summed E-state index contributed by atoms with van der Waals surface area (Å²) in [7, 11) is 1.53. The lowest BCUT2D eigenvalue weighted by molar-refractivity contribution is -0.114. The number of nitrogens with two attached hydrogens (primary N) is 1. The fourth-order valence-corrected chi connectivity index (χ4v) is 1.49. The number of anilines is 2. The van der Waals surface area contributed by atoms with Crippen LogP contribution in [0.3, 0.4) is 0 Å². The number of nitrogen functional groups attached to an aromatic ring is 1. The van der Waals surface area contributed by atoms with Gasteiger partial charge in [0.05, 0.1) is 12.8 Å². The highest BCUT2D eigenvalue weighted by molar-refractivity contribution is 5.94. The third kappa shape index (κ3) is 5.73. The molecule has 0 aromatic heterocycles. The van der Waals surface area contributed by atoms with Crippen LogP contribution in [-0.4, -0.2) is 25.8 Å². The highest BCUT2D eigenvalue weighted by Crippen LogP contribution is 2.26. The molecule has 5 heteroatoms. The normalized spacial score (nSPS) is 11.6. The number of nitrogens with zero attached hydrogens (tertiary/aromatic N) is 1. The number of ether oxygens (including phenoxy) is 1. The van der Waals surface area contributed by atoms with Crippen LogP contribution in [0.5, 0.6) is 5.75 Å². The van der Waals surface area contributed by atoms with E-state index in [4.69, 9.17) is 10.5 Å². The largest absolute Gasteiger partial charge is 0.494 e. The molecule has 20 heavy (non-hydrogen) atoms. The van der Waals surface area contributed by atoms with Crippen molar-refractivity contribution in [3.05, 3.63) is 18.2 Å². The molecular formula is C15H23N3O2. The van der Waals surface area contributed by atoms with Crippen LogP contribution in [0, 0.1) is 5.41 Å². The second-order valence-corrected chi connectivity index (χ2v) is 5.80. The maximum Gasteiger partial charge on any atom is 0.246 e. The van der Waals surface area contributed by atoms with Crippen molar-refractivity contribution in [2.24, 2.45) is 10.4 Å². The van der Waals surface area contributed by atoms with Crippen molar-refractivity contribution in [3.8, 4) is 5.75 Å². The van der Waals surface area contributed by atoms with Crippen LogP contribution in [0.1, 0.15) is 27.2 Å². The fraction of sp³-hybridized carbons (Fsp3) is 0.467. The van der Waals surface area contributed by atoms with Crippen molar-refractivity contribution in [3.63, 3.8) is 0 Å². The van der Waals surface area contributed by atoms with E-state index in [2.05, 4.69) is 31.1 Å². The lowest BCUT2D eigenvalue weighted by Gasteiger charge is -2.13. The summed E-state index contributed by atoms with van der Waals surface area (Å²) < 4.78 is 5.16. The smallest absolute Gasteiger partial charge is 0.246 e. The van der Waals surface area contributed by atoms with Gasteiger partial charge in [-0.15, -0.1) is 0 Å². The van der Waals surface area contributed by atoms with Gasteiger partial charge in [-0.25, -0.2) is 0 Å². The van der Waals surface area contributed by atoms with Gasteiger partial charge >= 0.3 is 0 Å². The minimum absolute atomic E-state index is 0.101. The zero-order valence-electron chi connectivity index (χ0n) is 12.6. The molecule has 1 amide bonds. The third-order valence-electron chi connectivity index (χ3n) is 2.57. The lowest BCUT2D eigenvalue weighted by Crippen LogP contribution is -2.16. The Balaban J connectivity index is 2.55. The van der Waals surface area contributed by atoms with Gasteiger partial charge < -0.3 is 15.8 Å². The predicted octanol–water partition coefficient (Wildman–Crippen LogP) is 2.72. The van der Waals surface area contributed by atoms with Crippen LogP contribution in [0.2, 0.25) is 0 Å². The number of hydrogen-bond acceptors (Lipinski definition) is 4. The molecule has 0 radical (unpaired) electrons. The molecule has 0 fully saturated rings. The Labute approximate surface area is 120 Å². The zero-order valence-corrected chi connectivity index (χ0v) is 12.6. The Morgan fingerprint density at radius 1 is 1.45 bits per heavy atom. The average molecular weight is 277 g/mol. The SMILES string of the molecule is COc1cc(N)ccc1NC(=O)C/N=C/CC(C)(C)C. The van der Waals surface area contributed by atoms with Crippen LogP contribution in [0.4, 0.5) is 11.4 Å². The molecule has 0 aliphatic carbocycles. The van der Waals surface area contributed by atoms with Gasteiger partial charge in [0.1, 0.15) is 12.3 Å². The van der Waals surface area contributed by atoms with E-state index >= 15 is 0 Å². The van der Waals surface area contributed by atoms with E-state index in [1.54, 1.807) is 24.4 Å². The summed E-state index contributed by atoms with van der Waals surface area (Å²) in [5.41, 5.74) is 7.02. The number of carbonyl (C=O) groups is 1. The summed E-state index contributed by atoms with van der Waals surface area (Å²) in [6.45, 7) is 6.47. The monoisotopic (exact) mass is 277 g/mol. The Morgan fingerprint density at radius 2 is 2.15 bits per heavy atom. The zero-order chi connectivity index (χ0) is 15.2. The average Bonchev–Trinajstić information content (AvgIpc) is 2.35. The summed E-state index contributed by atoms with van der Waals surface area (Å²) in [5.74, 6) is 0.357.